The number of hydrogen-bond donors (Lipinski definition) is 2. The molecule has 0 aliphatic heterocycles. The zero-order chi connectivity index (χ0) is 15.3. The summed E-state index contributed by atoms with van der Waals surface area (Å²) in [6, 6.07) is 3.55. The topological polar surface area (TPSA) is 41.5 Å². The Kier molecular flexibility index (Phi) is 6.51. The molecule has 114 valence electrons. The second-order valence-electron chi connectivity index (χ2n) is 3.80. The fraction of sp³-hybridized carbons (Fsp3) is 0.455. The number of ether oxygens (including phenoxy) is 1. The molecular formula is C11H11Cl3F3NO2. The van der Waals surface area contributed by atoms with Gasteiger partial charge in [0.2, 0.25) is 0 Å². The van der Waals surface area contributed by atoms with Gasteiger partial charge in [0.1, 0.15) is 5.75 Å². The van der Waals surface area contributed by atoms with E-state index in [0.717, 1.165) is 12.1 Å². The lowest BCUT2D eigenvalue weighted by Gasteiger charge is -2.19. The normalized spacial score (nSPS) is 14.8. The van der Waals surface area contributed by atoms with Crippen LogP contribution in [0.15, 0.2) is 18.2 Å². The predicted molar refractivity (Wildman–Crippen MR) is 73.0 cm³/mol. The van der Waals surface area contributed by atoms with Crippen LogP contribution in [0.1, 0.15) is 0 Å². The van der Waals surface area contributed by atoms with Crippen molar-refractivity contribution in [3.63, 3.8) is 0 Å². The van der Waals surface area contributed by atoms with Crippen molar-refractivity contribution in [2.45, 2.75) is 17.8 Å². The van der Waals surface area contributed by atoms with Crippen LogP contribution in [0.25, 0.3) is 0 Å². The van der Waals surface area contributed by atoms with Crippen LogP contribution in [0.5, 0.6) is 5.75 Å². The Labute approximate surface area is 128 Å². The Morgan fingerprint density at radius 3 is 2.60 bits per heavy atom. The molecule has 0 amide bonds. The molecule has 0 spiro atoms. The molecule has 2 N–H and O–H groups in total. The Morgan fingerprint density at radius 2 is 2.05 bits per heavy atom. The second-order valence-corrected chi connectivity index (χ2v) is 4.89. The van der Waals surface area contributed by atoms with Gasteiger partial charge in [-0.25, -0.2) is 4.39 Å². The molecule has 0 aromatic heterocycles. The van der Waals surface area contributed by atoms with Gasteiger partial charge in [-0.2, -0.15) is 8.78 Å². The summed E-state index contributed by atoms with van der Waals surface area (Å²) >= 11 is 15.9. The van der Waals surface area contributed by atoms with Crippen molar-refractivity contribution in [1.29, 1.82) is 0 Å². The van der Waals surface area contributed by atoms with Gasteiger partial charge in [-0.1, -0.05) is 23.2 Å². The van der Waals surface area contributed by atoms with Crippen LogP contribution in [0.2, 0.25) is 5.02 Å². The number of anilines is 1. The maximum Gasteiger partial charge on any atom is 0.444 e. The quantitative estimate of drug-likeness (QED) is 0.732. The minimum atomic E-state index is -4.16. The monoisotopic (exact) mass is 351 g/mol. The molecule has 0 saturated carbocycles. The summed E-state index contributed by atoms with van der Waals surface area (Å²) in [6.45, 7) is 0.0598. The molecule has 0 radical (unpaired) electrons. The zero-order valence-corrected chi connectivity index (χ0v) is 12.2. The molecular weight excluding hydrogens is 341 g/mol. The lowest BCUT2D eigenvalue weighted by molar-refractivity contribution is -0.198. The highest BCUT2D eigenvalue weighted by Crippen LogP contribution is 2.32. The molecule has 1 rings (SSSR count). The number of hydrogen-bond acceptors (Lipinski definition) is 3. The third-order valence-electron chi connectivity index (χ3n) is 2.15. The largest absolute Gasteiger partial charge is 0.444 e. The molecule has 2 unspecified atom stereocenters. The standard InChI is InChI=1S/C11H11Cl3F3NO2/c12-4-6(19)5-18-9-3-7(1-2-8(9)13)20-11(16,17)10(14)15/h1-3,6,10,18-19H,4-5H2. The molecule has 0 bridgehead atoms. The molecule has 0 aliphatic rings. The Morgan fingerprint density at radius 1 is 1.40 bits per heavy atom. The van der Waals surface area contributed by atoms with Gasteiger partial charge in [-0.05, 0) is 12.1 Å². The first-order valence-corrected chi connectivity index (χ1v) is 6.73. The van der Waals surface area contributed by atoms with Gasteiger partial charge >= 0.3 is 6.11 Å². The van der Waals surface area contributed by atoms with Crippen molar-refractivity contribution in [2.24, 2.45) is 0 Å². The van der Waals surface area contributed by atoms with Crippen LogP contribution in [0, 0.1) is 0 Å². The van der Waals surface area contributed by atoms with Gasteiger partial charge < -0.3 is 15.2 Å². The van der Waals surface area contributed by atoms with Crippen molar-refractivity contribution < 1.29 is 23.0 Å². The van der Waals surface area contributed by atoms with Crippen LogP contribution >= 0.6 is 34.8 Å². The van der Waals surface area contributed by atoms with Crippen molar-refractivity contribution in [3.8, 4) is 5.75 Å². The maximum absolute atomic E-state index is 13.0. The Hall–Kier alpha value is -0.560. The van der Waals surface area contributed by atoms with Crippen LogP contribution < -0.4 is 10.1 Å². The summed E-state index contributed by atoms with van der Waals surface area (Å²) in [5.41, 5.74) is -2.75. The second kappa shape index (κ2) is 7.45. The molecule has 0 fully saturated rings. The van der Waals surface area contributed by atoms with Crippen LogP contribution in [0.3, 0.4) is 0 Å². The van der Waals surface area contributed by atoms with E-state index in [0.29, 0.717) is 0 Å². The average molecular weight is 353 g/mol. The van der Waals surface area contributed by atoms with E-state index in [4.69, 9.17) is 23.2 Å². The van der Waals surface area contributed by atoms with Gasteiger partial charge in [-0.15, -0.1) is 11.6 Å². The average Bonchev–Trinajstić information content (AvgIpc) is 2.38. The van der Waals surface area contributed by atoms with Crippen LogP contribution in [-0.4, -0.2) is 35.4 Å². The fourth-order valence-corrected chi connectivity index (χ4v) is 1.53. The highest BCUT2D eigenvalue weighted by Gasteiger charge is 2.42. The van der Waals surface area contributed by atoms with E-state index in [1.165, 1.54) is 6.07 Å². The molecule has 0 saturated heterocycles. The Bertz CT molecular complexity index is 449. The highest BCUT2D eigenvalue weighted by molar-refractivity contribution is 6.33. The van der Waals surface area contributed by atoms with Gasteiger partial charge in [0, 0.05) is 12.6 Å². The van der Waals surface area contributed by atoms with E-state index >= 15 is 0 Å². The zero-order valence-electron chi connectivity index (χ0n) is 9.92. The van der Waals surface area contributed by atoms with Crippen molar-refractivity contribution in [2.75, 3.05) is 17.7 Å². The van der Waals surface area contributed by atoms with E-state index in [1.807, 2.05) is 0 Å². The summed E-state index contributed by atoms with van der Waals surface area (Å²) in [7, 11) is 0. The Balaban J connectivity index is 2.81. The number of benzene rings is 1. The minimum absolute atomic E-state index is 0.00530. The van der Waals surface area contributed by atoms with Crippen molar-refractivity contribution in [1.82, 2.24) is 0 Å². The van der Waals surface area contributed by atoms with Gasteiger partial charge in [0.15, 0.2) is 0 Å². The fourth-order valence-electron chi connectivity index (χ4n) is 1.19. The number of alkyl halides is 5. The molecule has 1 aromatic carbocycles. The summed E-state index contributed by atoms with van der Waals surface area (Å²) < 4.78 is 42.6. The highest BCUT2D eigenvalue weighted by atomic mass is 35.5. The molecule has 0 heterocycles. The van der Waals surface area contributed by atoms with E-state index in [9.17, 15) is 18.3 Å². The SMILES string of the molecule is OC(CCl)CNc1cc(OC(F)(F)C(F)Cl)ccc1Cl. The maximum atomic E-state index is 13.0. The van der Waals surface area contributed by atoms with Crippen LogP contribution in [0.4, 0.5) is 18.9 Å². The lowest BCUT2D eigenvalue weighted by atomic mass is 10.3. The summed E-state index contributed by atoms with van der Waals surface area (Å²) in [5.74, 6) is -0.333. The van der Waals surface area contributed by atoms with Gasteiger partial charge in [0.05, 0.1) is 22.7 Å². The summed E-state index contributed by atoms with van der Waals surface area (Å²) in [5, 5.41) is 12.2. The van der Waals surface area contributed by atoms with Crippen molar-refractivity contribution in [3.05, 3.63) is 23.2 Å². The number of rotatable bonds is 7. The molecule has 1 aromatic rings. The first-order valence-electron chi connectivity index (χ1n) is 5.38. The van der Waals surface area contributed by atoms with Crippen LogP contribution in [-0.2, 0) is 0 Å². The van der Waals surface area contributed by atoms with Gasteiger partial charge in [-0.3, -0.25) is 0 Å². The molecule has 2 atom stereocenters. The summed E-state index contributed by atoms with van der Waals surface area (Å²) in [4.78, 5) is 0. The minimum Gasteiger partial charge on any atom is -0.429 e. The number of aliphatic hydroxyl groups is 1. The number of halogens is 6. The van der Waals surface area contributed by atoms with Gasteiger partial charge in [0.25, 0.3) is 5.63 Å². The third kappa shape index (κ3) is 5.09. The molecule has 20 heavy (non-hydrogen) atoms. The van der Waals surface area contributed by atoms with E-state index in [1.54, 1.807) is 0 Å². The van der Waals surface area contributed by atoms with Crippen molar-refractivity contribution >= 4 is 40.5 Å². The van der Waals surface area contributed by atoms with E-state index < -0.39 is 17.8 Å². The number of nitrogens with one attached hydrogen (secondary N) is 1. The smallest absolute Gasteiger partial charge is 0.429 e. The number of aliphatic hydroxyl groups excluding tert-OH is 1. The molecule has 3 nitrogen and oxygen atoms in total. The van der Waals surface area contributed by atoms with E-state index in [2.05, 4.69) is 21.7 Å². The first kappa shape index (κ1) is 17.5. The summed E-state index contributed by atoms with van der Waals surface area (Å²) in [6.07, 6.45) is -5.00. The molecule has 0 aliphatic carbocycles. The lowest BCUT2D eigenvalue weighted by Crippen LogP contribution is -2.32. The third-order valence-corrected chi connectivity index (χ3v) is 3.09. The van der Waals surface area contributed by atoms with E-state index in [-0.39, 0.29) is 28.9 Å². The predicted octanol–water partition coefficient (Wildman–Crippen LogP) is 3.86. The molecule has 9 heteroatoms. The first-order chi connectivity index (χ1) is 9.26.